The Morgan fingerprint density at radius 2 is 1.83 bits per heavy atom. The number of amides is 1. The summed E-state index contributed by atoms with van der Waals surface area (Å²) < 4.78 is 5.47. The summed E-state index contributed by atoms with van der Waals surface area (Å²) in [6, 6.07) is 14.3. The van der Waals surface area contributed by atoms with E-state index in [1.807, 2.05) is 31.2 Å². The Hall–Kier alpha value is -1.94. The van der Waals surface area contributed by atoms with Crippen LogP contribution >= 0.6 is 11.8 Å². The van der Waals surface area contributed by atoms with Crippen LogP contribution in [-0.4, -0.2) is 18.3 Å². The number of benzene rings is 2. The third-order valence-corrected chi connectivity index (χ3v) is 4.49. The molecule has 2 rings (SSSR count). The Labute approximate surface area is 148 Å². The van der Waals surface area contributed by atoms with Gasteiger partial charge in [0.25, 0.3) is 0 Å². The minimum absolute atomic E-state index is 0.0613. The fourth-order valence-corrected chi connectivity index (χ4v) is 3.37. The highest BCUT2D eigenvalue weighted by molar-refractivity contribution is 7.99. The van der Waals surface area contributed by atoms with Gasteiger partial charge in [-0.3, -0.25) is 4.79 Å². The summed E-state index contributed by atoms with van der Waals surface area (Å²) in [6.45, 7) is 7.34. The number of carbonyl (C=O) groups is 1. The molecule has 2 aromatic rings. The van der Waals surface area contributed by atoms with Crippen molar-refractivity contribution in [3.05, 3.63) is 64.7 Å². The molecule has 0 saturated heterocycles. The van der Waals surface area contributed by atoms with Crippen molar-refractivity contribution in [2.45, 2.75) is 33.1 Å². The highest BCUT2D eigenvalue weighted by Crippen LogP contribution is 2.16. The van der Waals surface area contributed by atoms with Crippen LogP contribution in [0.15, 0.2) is 42.5 Å². The number of hydrogen-bond acceptors (Lipinski definition) is 3. The molecule has 0 aliphatic heterocycles. The number of nitrogens with one attached hydrogen (secondary N) is 1. The molecule has 2 aromatic carbocycles. The van der Waals surface area contributed by atoms with Gasteiger partial charge in [-0.25, -0.2) is 0 Å². The second-order valence-electron chi connectivity index (χ2n) is 5.85. The van der Waals surface area contributed by atoms with Crippen molar-refractivity contribution >= 4 is 17.7 Å². The van der Waals surface area contributed by atoms with Gasteiger partial charge in [0.1, 0.15) is 5.75 Å². The Morgan fingerprint density at radius 1 is 1.08 bits per heavy atom. The molecule has 0 aromatic heterocycles. The summed E-state index contributed by atoms with van der Waals surface area (Å²) in [6.07, 6.45) is 0. The number of carbonyl (C=O) groups excluding carboxylic acids is 1. The number of rotatable bonds is 8. The van der Waals surface area contributed by atoms with Gasteiger partial charge in [0, 0.05) is 12.3 Å². The van der Waals surface area contributed by atoms with Crippen molar-refractivity contribution in [3.8, 4) is 5.75 Å². The van der Waals surface area contributed by atoms with Crippen LogP contribution in [0.3, 0.4) is 0 Å². The van der Waals surface area contributed by atoms with Crippen molar-refractivity contribution in [2.75, 3.05) is 12.4 Å². The first-order valence-electron chi connectivity index (χ1n) is 8.20. The zero-order valence-corrected chi connectivity index (χ0v) is 15.4. The van der Waals surface area contributed by atoms with Gasteiger partial charge >= 0.3 is 0 Å². The van der Waals surface area contributed by atoms with Gasteiger partial charge in [0.05, 0.1) is 12.4 Å². The van der Waals surface area contributed by atoms with E-state index >= 15 is 0 Å². The van der Waals surface area contributed by atoms with E-state index in [0.717, 1.165) is 17.1 Å². The second kappa shape index (κ2) is 9.38. The van der Waals surface area contributed by atoms with Crippen LogP contribution in [0.5, 0.6) is 5.75 Å². The summed E-state index contributed by atoms with van der Waals surface area (Å²) in [5.74, 6) is 2.23. The van der Waals surface area contributed by atoms with Gasteiger partial charge in [-0.05, 0) is 44.0 Å². The smallest absolute Gasteiger partial charge is 0.230 e. The molecule has 0 radical (unpaired) electrons. The lowest BCUT2D eigenvalue weighted by Crippen LogP contribution is -2.24. The number of ether oxygens (including phenoxy) is 1. The summed E-state index contributed by atoms with van der Waals surface area (Å²) in [5, 5.41) is 2.96. The molecule has 0 atom stereocenters. The van der Waals surface area contributed by atoms with E-state index in [2.05, 4.69) is 37.4 Å². The van der Waals surface area contributed by atoms with E-state index in [1.54, 1.807) is 11.8 Å². The molecule has 0 spiro atoms. The van der Waals surface area contributed by atoms with Gasteiger partial charge in [-0.15, -0.1) is 11.8 Å². The largest absolute Gasteiger partial charge is 0.494 e. The van der Waals surface area contributed by atoms with Crippen LogP contribution in [0.25, 0.3) is 0 Å². The second-order valence-corrected chi connectivity index (χ2v) is 6.83. The highest BCUT2D eigenvalue weighted by Gasteiger charge is 2.04. The molecule has 24 heavy (non-hydrogen) atoms. The number of thioether (sulfide) groups is 1. The molecule has 0 aliphatic rings. The monoisotopic (exact) mass is 343 g/mol. The average Bonchev–Trinajstić information content (AvgIpc) is 2.53. The van der Waals surface area contributed by atoms with Gasteiger partial charge in [-0.1, -0.05) is 41.5 Å². The normalized spacial score (nSPS) is 10.5. The molecule has 3 nitrogen and oxygen atoms in total. The predicted molar refractivity (Wildman–Crippen MR) is 102 cm³/mol. The maximum Gasteiger partial charge on any atom is 0.230 e. The fourth-order valence-electron chi connectivity index (χ4n) is 2.58. The third kappa shape index (κ3) is 6.28. The molecule has 0 saturated carbocycles. The SMILES string of the molecule is CCOc1cccc(CNC(=O)CSCc2cc(C)cc(C)c2)c1. The quantitative estimate of drug-likeness (QED) is 0.778. The maximum absolute atomic E-state index is 12.0. The zero-order valence-electron chi connectivity index (χ0n) is 14.6. The van der Waals surface area contributed by atoms with E-state index in [0.29, 0.717) is 18.9 Å². The van der Waals surface area contributed by atoms with Gasteiger partial charge in [0.2, 0.25) is 5.91 Å². The van der Waals surface area contributed by atoms with Crippen LogP contribution < -0.4 is 10.1 Å². The molecule has 0 bridgehead atoms. The van der Waals surface area contributed by atoms with Gasteiger partial charge < -0.3 is 10.1 Å². The van der Waals surface area contributed by atoms with Crippen LogP contribution in [0.1, 0.15) is 29.2 Å². The Balaban J connectivity index is 1.74. The Morgan fingerprint density at radius 3 is 2.54 bits per heavy atom. The number of hydrogen-bond donors (Lipinski definition) is 1. The summed E-state index contributed by atoms with van der Waals surface area (Å²) >= 11 is 1.64. The standard InChI is InChI=1S/C20H25NO2S/c1-4-23-19-7-5-6-17(11-19)12-21-20(22)14-24-13-18-9-15(2)8-16(3)10-18/h5-11H,4,12-14H2,1-3H3,(H,21,22). The minimum atomic E-state index is 0.0613. The lowest BCUT2D eigenvalue weighted by atomic mass is 10.1. The lowest BCUT2D eigenvalue weighted by molar-refractivity contribution is -0.118. The predicted octanol–water partition coefficient (Wildman–Crippen LogP) is 4.25. The molecular weight excluding hydrogens is 318 g/mol. The molecule has 0 aliphatic carbocycles. The van der Waals surface area contributed by atoms with E-state index in [4.69, 9.17) is 4.74 Å². The minimum Gasteiger partial charge on any atom is -0.494 e. The summed E-state index contributed by atoms with van der Waals surface area (Å²) in [5.41, 5.74) is 4.86. The molecule has 1 amide bonds. The first kappa shape index (κ1) is 18.4. The Kier molecular flexibility index (Phi) is 7.19. The zero-order chi connectivity index (χ0) is 17.4. The number of aryl methyl sites for hydroxylation is 2. The molecule has 0 unspecified atom stereocenters. The molecule has 1 N–H and O–H groups in total. The molecule has 4 heteroatoms. The van der Waals surface area contributed by atoms with Crippen LogP contribution in [0.4, 0.5) is 0 Å². The molecular formula is C20H25NO2S. The van der Waals surface area contributed by atoms with Crippen LogP contribution in [-0.2, 0) is 17.1 Å². The highest BCUT2D eigenvalue weighted by atomic mass is 32.2. The molecule has 0 fully saturated rings. The van der Waals surface area contributed by atoms with E-state index in [-0.39, 0.29) is 5.91 Å². The van der Waals surface area contributed by atoms with Crippen molar-refractivity contribution in [1.82, 2.24) is 5.32 Å². The van der Waals surface area contributed by atoms with Crippen molar-refractivity contribution in [1.29, 1.82) is 0 Å². The Bertz CT molecular complexity index is 665. The molecule has 128 valence electrons. The molecule has 0 heterocycles. The maximum atomic E-state index is 12.0. The van der Waals surface area contributed by atoms with Crippen molar-refractivity contribution in [3.63, 3.8) is 0 Å². The van der Waals surface area contributed by atoms with Crippen molar-refractivity contribution < 1.29 is 9.53 Å². The van der Waals surface area contributed by atoms with Crippen LogP contribution in [0, 0.1) is 13.8 Å². The van der Waals surface area contributed by atoms with Gasteiger partial charge in [-0.2, -0.15) is 0 Å². The van der Waals surface area contributed by atoms with Gasteiger partial charge in [0.15, 0.2) is 0 Å². The summed E-state index contributed by atoms with van der Waals surface area (Å²) in [7, 11) is 0. The average molecular weight is 343 g/mol. The fraction of sp³-hybridized carbons (Fsp3) is 0.350. The van der Waals surface area contributed by atoms with E-state index in [1.165, 1.54) is 16.7 Å². The van der Waals surface area contributed by atoms with E-state index in [9.17, 15) is 4.79 Å². The first-order valence-corrected chi connectivity index (χ1v) is 9.35. The topological polar surface area (TPSA) is 38.3 Å². The van der Waals surface area contributed by atoms with E-state index < -0.39 is 0 Å². The first-order chi connectivity index (χ1) is 11.6. The summed E-state index contributed by atoms with van der Waals surface area (Å²) in [4.78, 5) is 12.0. The van der Waals surface area contributed by atoms with Crippen molar-refractivity contribution in [2.24, 2.45) is 0 Å². The lowest BCUT2D eigenvalue weighted by Gasteiger charge is -2.08. The third-order valence-electron chi connectivity index (χ3n) is 3.48. The van der Waals surface area contributed by atoms with Crippen LogP contribution in [0.2, 0.25) is 0 Å².